The van der Waals surface area contributed by atoms with E-state index in [1.54, 1.807) is 20.5 Å². The molecular formula is C18H23N3O2. The Bertz CT molecular complexity index is 703. The highest BCUT2D eigenvalue weighted by Gasteiger charge is 2.29. The van der Waals surface area contributed by atoms with Gasteiger partial charge in [0.15, 0.2) is 11.5 Å². The predicted molar refractivity (Wildman–Crippen MR) is 90.6 cm³/mol. The zero-order valence-corrected chi connectivity index (χ0v) is 14.2. The maximum Gasteiger partial charge on any atom is 0.164 e. The molecule has 0 aliphatic carbocycles. The van der Waals surface area contributed by atoms with Crippen LogP contribution in [0.25, 0.3) is 0 Å². The fourth-order valence-corrected chi connectivity index (χ4v) is 3.28. The van der Waals surface area contributed by atoms with E-state index in [0.717, 1.165) is 48.1 Å². The van der Waals surface area contributed by atoms with Crippen molar-refractivity contribution in [3.63, 3.8) is 0 Å². The molecule has 1 aliphatic rings. The molecule has 2 heterocycles. The molecular weight excluding hydrogens is 290 g/mol. The number of para-hydroxylation sites is 1. The minimum absolute atomic E-state index is 0.412. The summed E-state index contributed by atoms with van der Waals surface area (Å²) in [5.74, 6) is 3.09. The third-order valence-corrected chi connectivity index (χ3v) is 4.67. The Balaban J connectivity index is 1.87. The third kappa shape index (κ3) is 2.83. The number of nitrogens with zero attached hydrogens (tertiary/aromatic N) is 3. The van der Waals surface area contributed by atoms with Crippen LogP contribution in [0.2, 0.25) is 0 Å². The summed E-state index contributed by atoms with van der Waals surface area (Å²) in [6.07, 6.45) is 2.73. The average Bonchev–Trinajstić information content (AvgIpc) is 3.06. The minimum Gasteiger partial charge on any atom is -0.493 e. The first kappa shape index (κ1) is 15.6. The number of anilines is 1. The number of methoxy groups -OCH3 is 2. The highest BCUT2D eigenvalue weighted by molar-refractivity contribution is 5.52. The molecule has 23 heavy (non-hydrogen) atoms. The molecule has 5 nitrogen and oxygen atoms in total. The molecule has 0 amide bonds. The molecule has 122 valence electrons. The molecule has 5 heteroatoms. The van der Waals surface area contributed by atoms with Gasteiger partial charge in [-0.25, -0.2) is 9.97 Å². The summed E-state index contributed by atoms with van der Waals surface area (Å²) in [7, 11) is 3.38. The molecule has 1 fully saturated rings. The first-order valence-corrected chi connectivity index (χ1v) is 7.89. The Labute approximate surface area is 137 Å². The lowest BCUT2D eigenvalue weighted by Crippen LogP contribution is -2.22. The van der Waals surface area contributed by atoms with E-state index in [1.165, 1.54) is 5.56 Å². The van der Waals surface area contributed by atoms with Crippen molar-refractivity contribution in [2.75, 3.05) is 32.2 Å². The molecule has 1 unspecified atom stereocenters. The number of rotatable bonds is 4. The van der Waals surface area contributed by atoms with E-state index in [4.69, 9.17) is 9.47 Å². The van der Waals surface area contributed by atoms with E-state index >= 15 is 0 Å². The van der Waals surface area contributed by atoms with Crippen LogP contribution in [0.1, 0.15) is 29.2 Å². The zero-order chi connectivity index (χ0) is 16.4. The lowest BCUT2D eigenvalue weighted by molar-refractivity contribution is 0.350. The van der Waals surface area contributed by atoms with Gasteiger partial charge in [-0.1, -0.05) is 12.1 Å². The Morgan fingerprint density at radius 1 is 1.13 bits per heavy atom. The average molecular weight is 313 g/mol. The molecule has 0 saturated carbocycles. The van der Waals surface area contributed by atoms with Crippen molar-refractivity contribution in [1.82, 2.24) is 9.97 Å². The third-order valence-electron chi connectivity index (χ3n) is 4.67. The van der Waals surface area contributed by atoms with Crippen LogP contribution in [-0.4, -0.2) is 37.3 Å². The van der Waals surface area contributed by atoms with Crippen LogP contribution in [0.3, 0.4) is 0 Å². The molecule has 1 aromatic carbocycles. The van der Waals surface area contributed by atoms with Crippen LogP contribution in [-0.2, 0) is 0 Å². The van der Waals surface area contributed by atoms with Gasteiger partial charge in [0.25, 0.3) is 0 Å². The second kappa shape index (κ2) is 6.44. The molecule has 0 N–H and O–H groups in total. The van der Waals surface area contributed by atoms with Gasteiger partial charge in [0.2, 0.25) is 0 Å². The molecule has 0 spiro atoms. The van der Waals surface area contributed by atoms with Gasteiger partial charge >= 0.3 is 0 Å². The van der Waals surface area contributed by atoms with E-state index in [-0.39, 0.29) is 0 Å². The number of hydrogen-bond donors (Lipinski definition) is 0. The van der Waals surface area contributed by atoms with Crippen molar-refractivity contribution in [2.45, 2.75) is 26.2 Å². The Morgan fingerprint density at radius 3 is 2.70 bits per heavy atom. The van der Waals surface area contributed by atoms with Gasteiger partial charge in [0.05, 0.1) is 14.2 Å². The highest BCUT2D eigenvalue weighted by Crippen LogP contribution is 2.40. The smallest absolute Gasteiger partial charge is 0.164 e. The van der Waals surface area contributed by atoms with Gasteiger partial charge in [-0.2, -0.15) is 0 Å². The van der Waals surface area contributed by atoms with Crippen molar-refractivity contribution in [3.05, 3.63) is 41.3 Å². The lowest BCUT2D eigenvalue weighted by Gasteiger charge is -2.21. The van der Waals surface area contributed by atoms with Crippen LogP contribution < -0.4 is 14.4 Å². The summed E-state index contributed by atoms with van der Waals surface area (Å²) >= 11 is 0. The van der Waals surface area contributed by atoms with E-state index < -0.39 is 0 Å². The van der Waals surface area contributed by atoms with Crippen LogP contribution in [0.5, 0.6) is 11.5 Å². The summed E-state index contributed by atoms with van der Waals surface area (Å²) in [5, 5.41) is 0. The number of ether oxygens (including phenoxy) is 2. The topological polar surface area (TPSA) is 47.5 Å². The fraction of sp³-hybridized carbons (Fsp3) is 0.444. The van der Waals surface area contributed by atoms with Crippen LogP contribution in [0.15, 0.2) is 24.5 Å². The normalized spacial score (nSPS) is 17.4. The Hall–Kier alpha value is -2.30. The predicted octanol–water partition coefficient (Wildman–Crippen LogP) is 3.10. The first-order chi connectivity index (χ1) is 11.2. The maximum absolute atomic E-state index is 5.59. The van der Waals surface area contributed by atoms with Gasteiger partial charge in [-0.05, 0) is 26.3 Å². The number of aryl methyl sites for hydroxylation is 1. The molecule has 1 aromatic heterocycles. The molecule has 0 radical (unpaired) electrons. The Kier molecular flexibility index (Phi) is 4.37. The molecule has 2 aromatic rings. The van der Waals surface area contributed by atoms with Crippen LogP contribution >= 0.6 is 0 Å². The molecule has 1 aliphatic heterocycles. The van der Waals surface area contributed by atoms with Gasteiger partial charge in [-0.15, -0.1) is 0 Å². The quantitative estimate of drug-likeness (QED) is 0.868. The van der Waals surface area contributed by atoms with Gasteiger partial charge < -0.3 is 14.4 Å². The SMILES string of the molecule is COc1cccc(C2CCN(c3ncnc(C)c3C)C2)c1OC. The van der Waals surface area contributed by atoms with Crippen molar-refractivity contribution >= 4 is 5.82 Å². The van der Waals surface area contributed by atoms with Gasteiger partial charge in [0.1, 0.15) is 12.1 Å². The number of benzene rings is 1. The number of aromatic nitrogens is 2. The van der Waals surface area contributed by atoms with Crippen molar-refractivity contribution in [1.29, 1.82) is 0 Å². The number of hydrogen-bond acceptors (Lipinski definition) is 5. The molecule has 1 atom stereocenters. The second-order valence-corrected chi connectivity index (χ2v) is 5.92. The fourth-order valence-electron chi connectivity index (χ4n) is 3.28. The van der Waals surface area contributed by atoms with Crippen LogP contribution in [0, 0.1) is 13.8 Å². The lowest BCUT2D eigenvalue weighted by atomic mass is 9.97. The molecule has 0 bridgehead atoms. The highest BCUT2D eigenvalue weighted by atomic mass is 16.5. The largest absolute Gasteiger partial charge is 0.493 e. The van der Waals surface area contributed by atoms with Crippen LogP contribution in [0.4, 0.5) is 5.82 Å². The second-order valence-electron chi connectivity index (χ2n) is 5.92. The van der Waals surface area contributed by atoms with E-state index in [9.17, 15) is 0 Å². The zero-order valence-electron chi connectivity index (χ0n) is 14.2. The summed E-state index contributed by atoms with van der Waals surface area (Å²) in [6.45, 7) is 6.03. The molecule has 1 saturated heterocycles. The van der Waals surface area contributed by atoms with Gasteiger partial charge in [-0.3, -0.25) is 0 Å². The first-order valence-electron chi connectivity index (χ1n) is 7.89. The maximum atomic E-state index is 5.59. The molecule has 3 rings (SSSR count). The standard InChI is InChI=1S/C18H23N3O2/c1-12-13(2)19-11-20-18(12)21-9-8-14(10-21)15-6-5-7-16(22-3)17(15)23-4/h5-7,11,14H,8-10H2,1-4H3. The van der Waals surface area contributed by atoms with Crippen molar-refractivity contribution < 1.29 is 9.47 Å². The van der Waals surface area contributed by atoms with E-state index in [2.05, 4.69) is 27.9 Å². The van der Waals surface area contributed by atoms with Crippen molar-refractivity contribution in [2.24, 2.45) is 0 Å². The monoisotopic (exact) mass is 313 g/mol. The summed E-state index contributed by atoms with van der Waals surface area (Å²) < 4.78 is 11.0. The minimum atomic E-state index is 0.412. The Morgan fingerprint density at radius 2 is 1.96 bits per heavy atom. The summed E-state index contributed by atoms with van der Waals surface area (Å²) in [4.78, 5) is 11.1. The van der Waals surface area contributed by atoms with Crippen molar-refractivity contribution in [3.8, 4) is 11.5 Å². The van der Waals surface area contributed by atoms with E-state index in [0.29, 0.717) is 5.92 Å². The van der Waals surface area contributed by atoms with Gasteiger partial charge in [0, 0.05) is 35.8 Å². The summed E-state index contributed by atoms with van der Waals surface area (Å²) in [5.41, 5.74) is 3.40. The van der Waals surface area contributed by atoms with E-state index in [1.807, 2.05) is 19.1 Å². The summed E-state index contributed by atoms with van der Waals surface area (Å²) in [6, 6.07) is 6.10.